The summed E-state index contributed by atoms with van der Waals surface area (Å²) < 4.78 is 0. The van der Waals surface area contributed by atoms with E-state index < -0.39 is 12.1 Å². The van der Waals surface area contributed by atoms with Crippen molar-refractivity contribution in [1.82, 2.24) is 5.32 Å². The number of amides is 1. The Labute approximate surface area is 339 Å². The van der Waals surface area contributed by atoms with Gasteiger partial charge in [-0.2, -0.15) is 0 Å². The Bertz CT molecular complexity index is 780. The van der Waals surface area contributed by atoms with Crippen LogP contribution in [0.2, 0.25) is 0 Å². The van der Waals surface area contributed by atoms with Crippen LogP contribution >= 0.6 is 0 Å². The molecule has 0 aliphatic rings. The first-order chi connectivity index (χ1) is 26.7. The van der Waals surface area contributed by atoms with Gasteiger partial charge in [0.05, 0.1) is 18.8 Å². The number of carbonyl (C=O) groups is 1. The van der Waals surface area contributed by atoms with Gasteiger partial charge in [-0.25, -0.2) is 0 Å². The van der Waals surface area contributed by atoms with Crippen molar-refractivity contribution in [2.45, 2.75) is 283 Å². The molecule has 0 bridgehead atoms. The number of hydrogen-bond donors (Lipinski definition) is 3. The summed E-state index contributed by atoms with van der Waals surface area (Å²) >= 11 is 0. The van der Waals surface area contributed by atoms with Crippen molar-refractivity contribution in [2.24, 2.45) is 0 Å². The molecule has 0 fully saturated rings. The van der Waals surface area contributed by atoms with Gasteiger partial charge in [0, 0.05) is 6.42 Å². The number of aliphatic hydroxyl groups is 2. The van der Waals surface area contributed by atoms with E-state index in [1.54, 1.807) is 6.08 Å². The first kappa shape index (κ1) is 52.9. The number of rotatable bonds is 45. The molecule has 0 aliphatic carbocycles. The monoisotopic (exact) mass is 760 g/mol. The van der Waals surface area contributed by atoms with Gasteiger partial charge in [0.25, 0.3) is 0 Å². The Morgan fingerprint density at radius 1 is 0.426 bits per heavy atom. The van der Waals surface area contributed by atoms with Crippen LogP contribution in [-0.2, 0) is 4.79 Å². The molecular formula is C50H97NO3. The van der Waals surface area contributed by atoms with Crippen LogP contribution in [0.4, 0.5) is 0 Å². The lowest BCUT2D eigenvalue weighted by molar-refractivity contribution is -0.123. The van der Waals surface area contributed by atoms with Crippen molar-refractivity contribution >= 4 is 5.91 Å². The SMILES string of the molecule is CCCCCCCCCC/C=C\CCCCCCCCCC(=O)NC(CO)C(O)/C=C/CCCCCCCCCCCCCCCCCCCCCCC. The van der Waals surface area contributed by atoms with E-state index >= 15 is 0 Å². The van der Waals surface area contributed by atoms with Crippen molar-refractivity contribution in [3.05, 3.63) is 24.3 Å². The molecule has 0 aromatic rings. The Morgan fingerprint density at radius 2 is 0.704 bits per heavy atom. The Morgan fingerprint density at radius 3 is 1.02 bits per heavy atom. The Hall–Kier alpha value is -1.13. The van der Waals surface area contributed by atoms with E-state index in [1.165, 1.54) is 225 Å². The van der Waals surface area contributed by atoms with Crippen LogP contribution < -0.4 is 5.32 Å². The molecule has 0 aliphatic heterocycles. The van der Waals surface area contributed by atoms with Crippen LogP contribution in [0.25, 0.3) is 0 Å². The summed E-state index contributed by atoms with van der Waals surface area (Å²) in [6.45, 7) is 4.33. The largest absolute Gasteiger partial charge is 0.394 e. The second kappa shape index (κ2) is 46.3. The number of carbonyl (C=O) groups excluding carboxylic acids is 1. The molecule has 54 heavy (non-hydrogen) atoms. The number of hydrogen-bond acceptors (Lipinski definition) is 3. The second-order valence-corrected chi connectivity index (χ2v) is 16.9. The Kier molecular flexibility index (Phi) is 45.3. The van der Waals surface area contributed by atoms with Crippen molar-refractivity contribution in [3.63, 3.8) is 0 Å². The highest BCUT2D eigenvalue weighted by Gasteiger charge is 2.18. The van der Waals surface area contributed by atoms with E-state index in [9.17, 15) is 15.0 Å². The minimum Gasteiger partial charge on any atom is -0.394 e. The fraction of sp³-hybridized carbons (Fsp3) is 0.900. The molecule has 0 saturated heterocycles. The summed E-state index contributed by atoms with van der Waals surface area (Å²) in [6.07, 6.45) is 60.2. The van der Waals surface area contributed by atoms with Crippen LogP contribution in [0.15, 0.2) is 24.3 Å². The van der Waals surface area contributed by atoms with E-state index in [4.69, 9.17) is 0 Å². The highest BCUT2D eigenvalue weighted by atomic mass is 16.3. The molecule has 0 radical (unpaired) electrons. The predicted octanol–water partition coefficient (Wildman–Crippen LogP) is 15.6. The van der Waals surface area contributed by atoms with Crippen LogP contribution in [0, 0.1) is 0 Å². The maximum atomic E-state index is 12.4. The smallest absolute Gasteiger partial charge is 0.220 e. The minimum absolute atomic E-state index is 0.0652. The van der Waals surface area contributed by atoms with Gasteiger partial charge in [-0.3, -0.25) is 4.79 Å². The lowest BCUT2D eigenvalue weighted by Gasteiger charge is -2.20. The zero-order valence-corrected chi connectivity index (χ0v) is 36.8. The van der Waals surface area contributed by atoms with Crippen LogP contribution in [-0.4, -0.2) is 34.9 Å². The molecular weight excluding hydrogens is 663 g/mol. The number of unbranched alkanes of at least 4 members (excludes halogenated alkanes) is 36. The average molecular weight is 760 g/mol. The summed E-state index contributed by atoms with van der Waals surface area (Å²) in [5.41, 5.74) is 0. The molecule has 4 heteroatoms. The molecule has 0 aromatic heterocycles. The van der Waals surface area contributed by atoms with Crippen molar-refractivity contribution in [3.8, 4) is 0 Å². The first-order valence-electron chi connectivity index (χ1n) is 24.6. The second-order valence-electron chi connectivity index (χ2n) is 16.9. The predicted molar refractivity (Wildman–Crippen MR) is 239 cm³/mol. The van der Waals surface area contributed by atoms with Crippen LogP contribution in [0.1, 0.15) is 271 Å². The summed E-state index contributed by atoms with van der Waals surface area (Å²) in [5.74, 6) is -0.0652. The third-order valence-corrected chi connectivity index (χ3v) is 11.4. The molecule has 0 rings (SSSR count). The third kappa shape index (κ3) is 42.0. The van der Waals surface area contributed by atoms with Crippen molar-refractivity contribution < 1.29 is 15.0 Å². The zero-order valence-electron chi connectivity index (χ0n) is 36.8. The molecule has 4 nitrogen and oxygen atoms in total. The minimum atomic E-state index is -0.839. The molecule has 2 atom stereocenters. The number of allylic oxidation sites excluding steroid dienone is 3. The lowest BCUT2D eigenvalue weighted by Crippen LogP contribution is -2.45. The van der Waals surface area contributed by atoms with E-state index in [-0.39, 0.29) is 12.5 Å². The van der Waals surface area contributed by atoms with Crippen LogP contribution in [0.3, 0.4) is 0 Å². The topological polar surface area (TPSA) is 69.6 Å². The molecule has 320 valence electrons. The van der Waals surface area contributed by atoms with Gasteiger partial charge in [-0.1, -0.05) is 244 Å². The summed E-state index contributed by atoms with van der Waals surface area (Å²) in [7, 11) is 0. The molecule has 0 aromatic carbocycles. The highest BCUT2D eigenvalue weighted by molar-refractivity contribution is 5.76. The van der Waals surface area contributed by atoms with Gasteiger partial charge in [0.2, 0.25) is 5.91 Å². The molecule has 3 N–H and O–H groups in total. The number of aliphatic hydroxyl groups excluding tert-OH is 2. The van der Waals surface area contributed by atoms with E-state index in [2.05, 4.69) is 31.3 Å². The molecule has 0 spiro atoms. The quantitative estimate of drug-likeness (QED) is 0.0428. The van der Waals surface area contributed by atoms with Gasteiger partial charge in [0.15, 0.2) is 0 Å². The van der Waals surface area contributed by atoms with E-state index in [1.807, 2.05) is 6.08 Å². The fourth-order valence-electron chi connectivity index (χ4n) is 7.65. The maximum absolute atomic E-state index is 12.4. The van der Waals surface area contributed by atoms with E-state index in [0.717, 1.165) is 25.7 Å². The molecule has 2 unspecified atom stereocenters. The lowest BCUT2D eigenvalue weighted by atomic mass is 10.0. The summed E-state index contributed by atoms with van der Waals surface area (Å²) in [6, 6.07) is -0.622. The summed E-state index contributed by atoms with van der Waals surface area (Å²) in [4.78, 5) is 12.4. The number of nitrogens with one attached hydrogen (secondary N) is 1. The summed E-state index contributed by atoms with van der Waals surface area (Å²) in [5, 5.41) is 23.1. The maximum Gasteiger partial charge on any atom is 0.220 e. The van der Waals surface area contributed by atoms with Crippen molar-refractivity contribution in [1.29, 1.82) is 0 Å². The van der Waals surface area contributed by atoms with Gasteiger partial charge < -0.3 is 15.5 Å². The van der Waals surface area contributed by atoms with Gasteiger partial charge >= 0.3 is 0 Å². The molecule has 0 saturated carbocycles. The average Bonchev–Trinajstić information content (AvgIpc) is 3.18. The van der Waals surface area contributed by atoms with Gasteiger partial charge in [-0.05, 0) is 44.9 Å². The molecule has 0 heterocycles. The zero-order chi connectivity index (χ0) is 39.3. The normalized spacial score (nSPS) is 13.0. The Balaban J connectivity index is 3.52. The van der Waals surface area contributed by atoms with Crippen LogP contribution in [0.5, 0.6) is 0 Å². The van der Waals surface area contributed by atoms with Crippen molar-refractivity contribution in [2.75, 3.05) is 6.61 Å². The fourth-order valence-corrected chi connectivity index (χ4v) is 7.65. The van der Waals surface area contributed by atoms with Gasteiger partial charge in [-0.15, -0.1) is 0 Å². The standard InChI is InChI=1S/C50H97NO3/c1-3-5-7-9-11-13-15-17-19-21-23-24-25-26-28-29-31-33-35-37-39-41-43-45-49(53)48(47-52)51-50(54)46-44-42-40-38-36-34-32-30-27-22-20-18-16-14-12-10-8-6-4-2/h22,27,43,45,48-49,52-53H,3-21,23-26,28-42,44,46-47H2,1-2H3,(H,51,54)/b27-22-,45-43+. The highest BCUT2D eigenvalue weighted by Crippen LogP contribution is 2.16. The first-order valence-corrected chi connectivity index (χ1v) is 24.6. The molecule has 1 amide bonds. The van der Waals surface area contributed by atoms with Gasteiger partial charge in [0.1, 0.15) is 0 Å². The third-order valence-electron chi connectivity index (χ3n) is 11.4. The van der Waals surface area contributed by atoms with E-state index in [0.29, 0.717) is 6.42 Å².